The van der Waals surface area contributed by atoms with Crippen molar-refractivity contribution in [3.63, 3.8) is 0 Å². The Bertz CT molecular complexity index is 1280. The van der Waals surface area contributed by atoms with E-state index in [0.29, 0.717) is 12.4 Å². The van der Waals surface area contributed by atoms with Gasteiger partial charge in [-0.05, 0) is 61.6 Å². The molecule has 3 aromatic carbocycles. The fraction of sp³-hybridized carbons (Fsp3) is 0.233. The fourth-order valence-corrected chi connectivity index (χ4v) is 4.07. The summed E-state index contributed by atoms with van der Waals surface area (Å²) in [7, 11) is 0. The molecule has 0 fully saturated rings. The Balaban J connectivity index is 1.61. The van der Waals surface area contributed by atoms with Crippen molar-refractivity contribution < 1.29 is 13.9 Å². The number of ether oxygens (including phenoxy) is 1. The molecule has 4 aromatic rings. The first-order chi connectivity index (χ1) is 16.6. The number of fused-ring (bicyclic) bond motifs is 1. The highest BCUT2D eigenvalue weighted by Gasteiger charge is 2.15. The number of carbonyl (C=O) groups is 1. The molecule has 0 atom stereocenters. The lowest BCUT2D eigenvalue weighted by Crippen LogP contribution is -2.08. The van der Waals surface area contributed by atoms with Crippen LogP contribution in [0, 0.1) is 0 Å². The minimum absolute atomic E-state index is 0.170. The molecule has 0 aliphatic carbocycles. The molecule has 1 aromatic heterocycles. The van der Waals surface area contributed by atoms with E-state index in [1.165, 1.54) is 18.4 Å². The van der Waals surface area contributed by atoms with Crippen molar-refractivity contribution in [2.45, 2.75) is 40.0 Å². The second-order valence-electron chi connectivity index (χ2n) is 8.41. The summed E-state index contributed by atoms with van der Waals surface area (Å²) in [5, 5.41) is 3.96. The van der Waals surface area contributed by atoms with Crippen LogP contribution in [0.25, 0.3) is 27.7 Å². The molecule has 174 valence electrons. The van der Waals surface area contributed by atoms with Gasteiger partial charge in [0.1, 0.15) is 11.3 Å². The molecule has 4 heteroatoms. The van der Waals surface area contributed by atoms with E-state index in [0.717, 1.165) is 45.3 Å². The second-order valence-corrected chi connectivity index (χ2v) is 8.41. The van der Waals surface area contributed by atoms with E-state index in [1.54, 1.807) is 12.3 Å². The Hall–Kier alpha value is -3.79. The summed E-state index contributed by atoms with van der Waals surface area (Å²) in [6.07, 6.45) is 6.80. The van der Waals surface area contributed by atoms with Crippen LogP contribution in [0.1, 0.15) is 44.7 Å². The topological polar surface area (TPSA) is 51.5 Å². The van der Waals surface area contributed by atoms with Gasteiger partial charge >= 0.3 is 0 Å². The molecule has 1 heterocycles. The molecule has 4 rings (SSSR count). The predicted molar refractivity (Wildman–Crippen MR) is 140 cm³/mol. The summed E-state index contributed by atoms with van der Waals surface area (Å²) < 4.78 is 11.7. The first kappa shape index (κ1) is 23.4. The highest BCUT2D eigenvalue weighted by atomic mass is 16.5. The van der Waals surface area contributed by atoms with Gasteiger partial charge in [0.25, 0.3) is 0 Å². The van der Waals surface area contributed by atoms with Crippen molar-refractivity contribution >= 4 is 28.1 Å². The van der Waals surface area contributed by atoms with E-state index in [1.807, 2.05) is 56.3 Å². The number of furan rings is 1. The van der Waals surface area contributed by atoms with Crippen LogP contribution in [-0.2, 0) is 11.2 Å². The molecule has 0 unspecified atom stereocenters. The number of amides is 1. The van der Waals surface area contributed by atoms with Gasteiger partial charge in [0.05, 0.1) is 12.9 Å². The van der Waals surface area contributed by atoms with Crippen molar-refractivity contribution in [1.82, 2.24) is 0 Å². The molecule has 0 spiro atoms. The van der Waals surface area contributed by atoms with Crippen molar-refractivity contribution in [2.75, 3.05) is 11.9 Å². The summed E-state index contributed by atoms with van der Waals surface area (Å²) in [4.78, 5) is 12.8. The summed E-state index contributed by atoms with van der Waals surface area (Å²) in [5.74, 6) is 0.530. The molecule has 0 saturated heterocycles. The van der Waals surface area contributed by atoms with Crippen molar-refractivity contribution in [3.05, 3.63) is 90.2 Å². The van der Waals surface area contributed by atoms with E-state index in [9.17, 15) is 4.79 Å². The fourth-order valence-electron chi connectivity index (χ4n) is 4.07. The Morgan fingerprint density at radius 3 is 2.50 bits per heavy atom. The number of hydrogen-bond donors (Lipinski definition) is 1. The lowest BCUT2D eigenvalue weighted by atomic mass is 9.99. The van der Waals surface area contributed by atoms with E-state index >= 15 is 0 Å². The quantitative estimate of drug-likeness (QED) is 0.262. The maximum absolute atomic E-state index is 12.8. The molecule has 4 nitrogen and oxygen atoms in total. The number of rotatable bonds is 9. The first-order valence-corrected chi connectivity index (χ1v) is 11.9. The molecular formula is C30H31NO3. The highest BCUT2D eigenvalue weighted by molar-refractivity contribution is 6.05. The van der Waals surface area contributed by atoms with Gasteiger partial charge in [-0.2, -0.15) is 0 Å². The SMILES string of the molecule is CCCCc1ccc(NC(=O)/C=C(\C)c2cc3c(-c4ccccc4)coc3cc2OCC)cc1. The number of hydrogen-bond acceptors (Lipinski definition) is 3. The summed E-state index contributed by atoms with van der Waals surface area (Å²) >= 11 is 0. The molecular weight excluding hydrogens is 422 g/mol. The van der Waals surface area contributed by atoms with Crippen LogP contribution >= 0.6 is 0 Å². The minimum atomic E-state index is -0.170. The van der Waals surface area contributed by atoms with Gasteiger partial charge < -0.3 is 14.5 Å². The third kappa shape index (κ3) is 5.40. The number of aryl methyl sites for hydroxylation is 1. The van der Waals surface area contributed by atoms with Crippen LogP contribution in [0.2, 0.25) is 0 Å². The van der Waals surface area contributed by atoms with Crippen LogP contribution in [-0.4, -0.2) is 12.5 Å². The zero-order valence-corrected chi connectivity index (χ0v) is 20.1. The predicted octanol–water partition coefficient (Wildman–Crippen LogP) is 7.88. The Morgan fingerprint density at radius 1 is 1.03 bits per heavy atom. The number of unbranched alkanes of at least 4 members (excludes halogenated alkanes) is 1. The van der Waals surface area contributed by atoms with E-state index in [2.05, 4.69) is 36.5 Å². The number of anilines is 1. The summed E-state index contributed by atoms with van der Waals surface area (Å²) in [6, 6.07) is 22.2. The van der Waals surface area contributed by atoms with Gasteiger partial charge in [-0.15, -0.1) is 0 Å². The number of allylic oxidation sites excluding steroid dienone is 1. The maximum atomic E-state index is 12.8. The molecule has 1 amide bonds. The molecule has 0 aliphatic rings. The van der Waals surface area contributed by atoms with Crippen LogP contribution in [0.4, 0.5) is 5.69 Å². The highest BCUT2D eigenvalue weighted by Crippen LogP contribution is 2.37. The minimum Gasteiger partial charge on any atom is -0.493 e. The van der Waals surface area contributed by atoms with E-state index < -0.39 is 0 Å². The molecule has 0 aliphatic heterocycles. The smallest absolute Gasteiger partial charge is 0.248 e. The normalized spacial score (nSPS) is 11.6. The number of benzene rings is 3. The monoisotopic (exact) mass is 453 g/mol. The number of nitrogens with one attached hydrogen (secondary N) is 1. The average molecular weight is 454 g/mol. The Morgan fingerprint density at radius 2 is 1.79 bits per heavy atom. The van der Waals surface area contributed by atoms with E-state index in [-0.39, 0.29) is 5.91 Å². The zero-order valence-electron chi connectivity index (χ0n) is 20.1. The van der Waals surface area contributed by atoms with Crippen molar-refractivity contribution in [1.29, 1.82) is 0 Å². The van der Waals surface area contributed by atoms with Crippen LogP contribution in [0.15, 0.2) is 83.5 Å². The third-order valence-corrected chi connectivity index (χ3v) is 5.87. The van der Waals surface area contributed by atoms with Gasteiger partial charge in [0.2, 0.25) is 5.91 Å². The van der Waals surface area contributed by atoms with Crippen molar-refractivity contribution in [3.8, 4) is 16.9 Å². The Labute approximate surface area is 201 Å². The van der Waals surface area contributed by atoms with Crippen LogP contribution in [0.5, 0.6) is 5.75 Å². The standard InChI is InChI=1S/C30H31NO3/c1-4-6-10-22-13-15-24(16-14-22)31-30(32)17-21(3)25-18-26-27(23-11-8-7-9-12-23)20-34-29(26)19-28(25)33-5-2/h7-9,11-20H,4-6,10H2,1-3H3,(H,31,32)/b21-17+. The lowest BCUT2D eigenvalue weighted by molar-refractivity contribution is -0.111. The molecule has 0 radical (unpaired) electrons. The molecule has 0 bridgehead atoms. The average Bonchev–Trinajstić information content (AvgIpc) is 3.26. The number of carbonyl (C=O) groups excluding carboxylic acids is 1. The second kappa shape index (κ2) is 10.9. The zero-order chi connectivity index (χ0) is 23.9. The third-order valence-electron chi connectivity index (χ3n) is 5.87. The van der Waals surface area contributed by atoms with E-state index in [4.69, 9.17) is 9.15 Å². The van der Waals surface area contributed by atoms with Gasteiger partial charge in [0.15, 0.2) is 0 Å². The Kier molecular flexibility index (Phi) is 7.48. The van der Waals surface area contributed by atoms with Crippen LogP contribution < -0.4 is 10.1 Å². The summed E-state index contributed by atoms with van der Waals surface area (Å²) in [5.41, 5.74) is 6.62. The molecule has 34 heavy (non-hydrogen) atoms. The van der Waals surface area contributed by atoms with Gasteiger partial charge in [-0.25, -0.2) is 0 Å². The molecule has 0 saturated carbocycles. The largest absolute Gasteiger partial charge is 0.493 e. The lowest BCUT2D eigenvalue weighted by Gasteiger charge is -2.12. The van der Waals surface area contributed by atoms with Gasteiger partial charge in [-0.3, -0.25) is 4.79 Å². The van der Waals surface area contributed by atoms with Crippen molar-refractivity contribution in [2.24, 2.45) is 0 Å². The first-order valence-electron chi connectivity index (χ1n) is 11.9. The molecule has 1 N–H and O–H groups in total. The van der Waals surface area contributed by atoms with Gasteiger partial charge in [0, 0.05) is 34.3 Å². The van der Waals surface area contributed by atoms with Crippen LogP contribution in [0.3, 0.4) is 0 Å². The summed E-state index contributed by atoms with van der Waals surface area (Å²) in [6.45, 7) is 6.59. The maximum Gasteiger partial charge on any atom is 0.248 e. The van der Waals surface area contributed by atoms with Gasteiger partial charge in [-0.1, -0.05) is 55.8 Å².